The molecule has 1 aliphatic rings. The van der Waals surface area contributed by atoms with Crippen LogP contribution in [0.1, 0.15) is 16.1 Å². The molecule has 134 valence electrons. The predicted molar refractivity (Wildman–Crippen MR) is 115 cm³/mol. The standard InChI is InChI=1S/C22H18BrN3S/c23-21-17-8-4-5-9-19(17)27-20(21)14-26-11-10-18-16(13-26)12-24-22(25-18)15-6-2-1-3-7-15/h1-9,12H,10-11,13-14H2. The van der Waals surface area contributed by atoms with Crippen LogP contribution >= 0.6 is 27.3 Å². The number of halogens is 1. The molecule has 0 radical (unpaired) electrons. The van der Waals surface area contributed by atoms with Crippen molar-refractivity contribution in [1.82, 2.24) is 14.9 Å². The van der Waals surface area contributed by atoms with E-state index in [1.54, 1.807) is 0 Å². The van der Waals surface area contributed by atoms with E-state index in [0.29, 0.717) is 0 Å². The summed E-state index contributed by atoms with van der Waals surface area (Å²) < 4.78 is 2.58. The molecule has 2 aromatic heterocycles. The van der Waals surface area contributed by atoms with Gasteiger partial charge in [0.05, 0.1) is 5.69 Å². The zero-order chi connectivity index (χ0) is 18.2. The van der Waals surface area contributed by atoms with Gasteiger partial charge in [0.2, 0.25) is 0 Å². The topological polar surface area (TPSA) is 29.0 Å². The Morgan fingerprint density at radius 1 is 1.04 bits per heavy atom. The maximum absolute atomic E-state index is 4.83. The van der Waals surface area contributed by atoms with E-state index in [-0.39, 0.29) is 0 Å². The van der Waals surface area contributed by atoms with Crippen LogP contribution in [0.3, 0.4) is 0 Å². The number of fused-ring (bicyclic) bond motifs is 2. The Hall–Kier alpha value is -2.08. The average molecular weight is 436 g/mol. The van der Waals surface area contributed by atoms with E-state index in [2.05, 4.69) is 62.2 Å². The van der Waals surface area contributed by atoms with Crippen molar-refractivity contribution < 1.29 is 0 Å². The third-order valence-corrected chi connectivity index (χ3v) is 7.34. The average Bonchev–Trinajstić information content (AvgIpc) is 3.04. The summed E-state index contributed by atoms with van der Waals surface area (Å²) in [5.74, 6) is 0.829. The van der Waals surface area contributed by atoms with Gasteiger partial charge in [-0.3, -0.25) is 4.90 Å². The largest absolute Gasteiger partial charge is 0.293 e. The Bertz CT molecular complexity index is 1110. The first-order valence-corrected chi connectivity index (χ1v) is 10.7. The maximum Gasteiger partial charge on any atom is 0.159 e. The Morgan fingerprint density at radius 3 is 2.70 bits per heavy atom. The molecule has 0 amide bonds. The molecule has 5 heteroatoms. The van der Waals surface area contributed by atoms with Gasteiger partial charge >= 0.3 is 0 Å². The van der Waals surface area contributed by atoms with E-state index in [1.807, 2.05) is 35.7 Å². The van der Waals surface area contributed by atoms with Gasteiger partial charge in [0, 0.05) is 62.8 Å². The molecule has 3 nitrogen and oxygen atoms in total. The summed E-state index contributed by atoms with van der Waals surface area (Å²) in [6, 6.07) is 18.8. The van der Waals surface area contributed by atoms with E-state index >= 15 is 0 Å². The van der Waals surface area contributed by atoms with Crippen LogP contribution in [0.4, 0.5) is 0 Å². The number of rotatable bonds is 3. The number of thiophene rings is 1. The second-order valence-corrected chi connectivity index (χ2v) is 8.76. The molecule has 0 saturated heterocycles. The minimum absolute atomic E-state index is 0.829. The molecule has 2 aromatic carbocycles. The van der Waals surface area contributed by atoms with Crippen LogP contribution in [0.15, 0.2) is 65.3 Å². The first-order valence-electron chi connectivity index (χ1n) is 9.06. The fourth-order valence-corrected chi connectivity index (χ4v) is 5.59. The smallest absolute Gasteiger partial charge is 0.159 e. The van der Waals surface area contributed by atoms with Crippen LogP contribution in [0.2, 0.25) is 0 Å². The lowest BCUT2D eigenvalue weighted by molar-refractivity contribution is 0.245. The monoisotopic (exact) mass is 435 g/mol. The van der Waals surface area contributed by atoms with Crippen LogP contribution in [0.5, 0.6) is 0 Å². The van der Waals surface area contributed by atoms with Gasteiger partial charge in [-0.05, 0) is 22.0 Å². The summed E-state index contributed by atoms with van der Waals surface area (Å²) in [4.78, 5) is 13.3. The molecule has 0 unspecified atom stereocenters. The Morgan fingerprint density at radius 2 is 1.85 bits per heavy atom. The van der Waals surface area contributed by atoms with E-state index in [0.717, 1.165) is 37.4 Å². The highest BCUT2D eigenvalue weighted by Gasteiger charge is 2.21. The van der Waals surface area contributed by atoms with Crippen molar-refractivity contribution in [2.45, 2.75) is 19.5 Å². The van der Waals surface area contributed by atoms with Gasteiger partial charge in [-0.25, -0.2) is 9.97 Å². The summed E-state index contributed by atoms with van der Waals surface area (Å²) >= 11 is 5.68. The Kier molecular flexibility index (Phi) is 4.52. The van der Waals surface area contributed by atoms with Gasteiger partial charge < -0.3 is 0 Å². The molecule has 0 atom stereocenters. The van der Waals surface area contributed by atoms with Crippen molar-refractivity contribution in [3.63, 3.8) is 0 Å². The number of aromatic nitrogens is 2. The molecule has 0 bridgehead atoms. The third kappa shape index (κ3) is 3.31. The van der Waals surface area contributed by atoms with E-state index in [9.17, 15) is 0 Å². The molecular formula is C22H18BrN3S. The second kappa shape index (κ2) is 7.15. The molecule has 0 saturated carbocycles. The first-order chi connectivity index (χ1) is 13.3. The summed E-state index contributed by atoms with van der Waals surface area (Å²) in [6.45, 7) is 2.89. The number of hydrogen-bond donors (Lipinski definition) is 0. The molecule has 4 aromatic rings. The first kappa shape index (κ1) is 17.0. The zero-order valence-electron chi connectivity index (χ0n) is 14.7. The van der Waals surface area contributed by atoms with Gasteiger partial charge in [0.1, 0.15) is 0 Å². The second-order valence-electron chi connectivity index (χ2n) is 6.83. The van der Waals surface area contributed by atoms with Gasteiger partial charge in [0.15, 0.2) is 5.82 Å². The fourth-order valence-electron chi connectivity index (χ4n) is 3.61. The predicted octanol–water partition coefficient (Wildman–Crippen LogP) is 5.68. The number of hydrogen-bond acceptors (Lipinski definition) is 4. The van der Waals surface area contributed by atoms with Gasteiger partial charge in [-0.1, -0.05) is 48.5 Å². The van der Waals surface area contributed by atoms with E-state index < -0.39 is 0 Å². The summed E-state index contributed by atoms with van der Waals surface area (Å²) in [5, 5.41) is 1.31. The molecule has 0 spiro atoms. The van der Waals surface area contributed by atoms with Gasteiger partial charge in [-0.15, -0.1) is 11.3 Å². The summed E-state index contributed by atoms with van der Waals surface area (Å²) in [7, 11) is 0. The van der Waals surface area contributed by atoms with Crippen LogP contribution in [-0.2, 0) is 19.5 Å². The third-order valence-electron chi connectivity index (χ3n) is 5.01. The minimum atomic E-state index is 0.829. The number of nitrogens with zero attached hydrogens (tertiary/aromatic N) is 3. The van der Waals surface area contributed by atoms with Crippen molar-refractivity contribution in [2.24, 2.45) is 0 Å². The number of benzene rings is 2. The van der Waals surface area contributed by atoms with Gasteiger partial charge in [-0.2, -0.15) is 0 Å². The SMILES string of the molecule is Brc1c(CN2CCc3nc(-c4ccccc4)ncc3C2)sc2ccccc12. The molecule has 3 heterocycles. The highest BCUT2D eigenvalue weighted by Crippen LogP contribution is 2.36. The van der Waals surface area contributed by atoms with Crippen LogP contribution in [0.25, 0.3) is 21.5 Å². The summed E-state index contributed by atoms with van der Waals surface area (Å²) in [6.07, 6.45) is 2.98. The van der Waals surface area contributed by atoms with Crippen molar-refractivity contribution >= 4 is 37.4 Å². The molecular weight excluding hydrogens is 418 g/mol. The highest BCUT2D eigenvalue weighted by atomic mass is 79.9. The molecule has 1 aliphatic heterocycles. The quantitative estimate of drug-likeness (QED) is 0.414. The Balaban J connectivity index is 1.37. The lowest BCUT2D eigenvalue weighted by Gasteiger charge is -2.27. The molecule has 0 N–H and O–H groups in total. The van der Waals surface area contributed by atoms with E-state index in [4.69, 9.17) is 4.98 Å². The minimum Gasteiger partial charge on any atom is -0.293 e. The zero-order valence-corrected chi connectivity index (χ0v) is 17.1. The Labute approximate surface area is 170 Å². The molecule has 0 fully saturated rings. The fraction of sp³-hybridized carbons (Fsp3) is 0.182. The normalized spacial score (nSPS) is 14.4. The lowest BCUT2D eigenvalue weighted by atomic mass is 10.1. The van der Waals surface area contributed by atoms with Crippen molar-refractivity contribution in [1.29, 1.82) is 0 Å². The lowest BCUT2D eigenvalue weighted by Crippen LogP contribution is -2.30. The van der Waals surface area contributed by atoms with Crippen LogP contribution in [-0.4, -0.2) is 21.4 Å². The maximum atomic E-state index is 4.83. The van der Waals surface area contributed by atoms with Crippen LogP contribution < -0.4 is 0 Å². The van der Waals surface area contributed by atoms with Crippen molar-refractivity contribution in [2.75, 3.05) is 6.54 Å². The molecule has 5 rings (SSSR count). The van der Waals surface area contributed by atoms with Crippen molar-refractivity contribution in [3.05, 3.63) is 81.4 Å². The molecule has 27 heavy (non-hydrogen) atoms. The van der Waals surface area contributed by atoms with Gasteiger partial charge in [0.25, 0.3) is 0 Å². The van der Waals surface area contributed by atoms with Crippen LogP contribution in [0, 0.1) is 0 Å². The highest BCUT2D eigenvalue weighted by molar-refractivity contribution is 9.10. The molecule has 0 aliphatic carbocycles. The van der Waals surface area contributed by atoms with Crippen molar-refractivity contribution in [3.8, 4) is 11.4 Å². The van der Waals surface area contributed by atoms with E-state index in [1.165, 1.54) is 30.7 Å². The summed E-state index contributed by atoms with van der Waals surface area (Å²) in [5.41, 5.74) is 3.52.